The summed E-state index contributed by atoms with van der Waals surface area (Å²) in [6.07, 6.45) is 2.37. The lowest BCUT2D eigenvalue weighted by Gasteiger charge is -2.26. The Balaban J connectivity index is 1.54. The molecule has 0 spiro atoms. The summed E-state index contributed by atoms with van der Waals surface area (Å²) < 4.78 is 6.47. The number of halogens is 1. The zero-order valence-electron chi connectivity index (χ0n) is 14.6. The van der Waals surface area contributed by atoms with Gasteiger partial charge < -0.3 is 9.73 Å². The first-order chi connectivity index (χ1) is 13.1. The molecular weight excluding hydrogens is 428 g/mol. The van der Waals surface area contributed by atoms with Crippen molar-refractivity contribution in [3.05, 3.63) is 67.1 Å². The number of amides is 1. The molecule has 1 atom stereocenters. The maximum atomic E-state index is 12.6. The van der Waals surface area contributed by atoms with Gasteiger partial charge in [0.05, 0.1) is 11.4 Å². The highest BCUT2D eigenvalue weighted by atomic mass is 79.9. The van der Waals surface area contributed by atoms with E-state index in [1.807, 2.05) is 6.07 Å². The fourth-order valence-corrected chi connectivity index (χ4v) is 4.66. The number of rotatable bonds is 5. The van der Waals surface area contributed by atoms with Gasteiger partial charge in [-0.15, -0.1) is 11.3 Å². The number of carbonyl (C=O) groups is 1. The van der Waals surface area contributed by atoms with Crippen LogP contribution < -0.4 is 10.7 Å². The van der Waals surface area contributed by atoms with E-state index in [0.29, 0.717) is 17.5 Å². The largest absolute Gasteiger partial charge is 0.451 e. The average molecular weight is 447 g/mol. The zero-order valence-corrected chi connectivity index (χ0v) is 17.0. The van der Waals surface area contributed by atoms with Crippen LogP contribution in [0.25, 0.3) is 11.0 Å². The van der Waals surface area contributed by atoms with Crippen LogP contribution in [0.1, 0.15) is 34.3 Å². The van der Waals surface area contributed by atoms with Crippen molar-refractivity contribution in [1.29, 1.82) is 0 Å². The molecule has 3 aromatic rings. The van der Waals surface area contributed by atoms with Gasteiger partial charge in [0, 0.05) is 22.0 Å². The van der Waals surface area contributed by atoms with Crippen molar-refractivity contribution < 1.29 is 9.21 Å². The van der Waals surface area contributed by atoms with Gasteiger partial charge in [-0.05, 0) is 55.6 Å². The Morgan fingerprint density at radius 2 is 2.07 bits per heavy atom. The highest BCUT2D eigenvalue weighted by Crippen LogP contribution is 2.28. The Labute approximate surface area is 169 Å². The van der Waals surface area contributed by atoms with Crippen LogP contribution in [0.15, 0.2) is 55.5 Å². The van der Waals surface area contributed by atoms with Gasteiger partial charge in [-0.1, -0.05) is 22.0 Å². The van der Waals surface area contributed by atoms with Gasteiger partial charge in [0.1, 0.15) is 5.58 Å². The molecule has 1 amide bonds. The van der Waals surface area contributed by atoms with Gasteiger partial charge >= 0.3 is 0 Å². The van der Waals surface area contributed by atoms with Crippen molar-refractivity contribution in [3.8, 4) is 0 Å². The van der Waals surface area contributed by atoms with E-state index in [4.69, 9.17) is 4.42 Å². The fraction of sp³-hybridized carbons (Fsp3) is 0.300. The highest BCUT2D eigenvalue weighted by Gasteiger charge is 2.25. The summed E-state index contributed by atoms with van der Waals surface area (Å²) in [5, 5.41) is 5.47. The second-order valence-corrected chi connectivity index (χ2v) is 8.49. The van der Waals surface area contributed by atoms with Crippen LogP contribution in [0.2, 0.25) is 0 Å². The first-order valence-corrected chi connectivity index (χ1v) is 10.6. The van der Waals surface area contributed by atoms with Gasteiger partial charge in [0.15, 0.2) is 11.2 Å². The number of likely N-dealkylation sites (tertiary alicyclic amines) is 1. The van der Waals surface area contributed by atoms with E-state index in [1.165, 1.54) is 23.8 Å². The molecule has 5 nitrogen and oxygen atoms in total. The van der Waals surface area contributed by atoms with E-state index in [-0.39, 0.29) is 23.1 Å². The van der Waals surface area contributed by atoms with Gasteiger partial charge in [0.2, 0.25) is 0 Å². The van der Waals surface area contributed by atoms with Crippen molar-refractivity contribution in [3.63, 3.8) is 0 Å². The maximum absolute atomic E-state index is 12.6. The molecule has 1 unspecified atom stereocenters. The van der Waals surface area contributed by atoms with E-state index in [9.17, 15) is 9.59 Å². The van der Waals surface area contributed by atoms with Crippen LogP contribution in [0.4, 0.5) is 0 Å². The lowest BCUT2D eigenvalue weighted by molar-refractivity contribution is 0.0911. The average Bonchev–Trinajstić information content (AvgIpc) is 3.35. The molecule has 7 heteroatoms. The Hall–Kier alpha value is -1.96. The Bertz CT molecular complexity index is 1010. The van der Waals surface area contributed by atoms with Gasteiger partial charge in [-0.3, -0.25) is 14.5 Å². The molecule has 1 aromatic carbocycles. The van der Waals surface area contributed by atoms with Crippen LogP contribution in [-0.4, -0.2) is 30.4 Å². The second-order valence-electron chi connectivity index (χ2n) is 6.60. The van der Waals surface area contributed by atoms with Gasteiger partial charge in [-0.25, -0.2) is 0 Å². The first-order valence-electron chi connectivity index (χ1n) is 8.91. The molecule has 1 saturated heterocycles. The predicted octanol–water partition coefficient (Wildman–Crippen LogP) is 4.18. The number of nitrogens with zero attached hydrogens (tertiary/aromatic N) is 1. The van der Waals surface area contributed by atoms with Crippen molar-refractivity contribution >= 4 is 44.1 Å². The van der Waals surface area contributed by atoms with Crippen molar-refractivity contribution in [2.45, 2.75) is 18.9 Å². The molecule has 4 rings (SSSR count). The number of benzene rings is 1. The van der Waals surface area contributed by atoms with E-state index >= 15 is 0 Å². The summed E-state index contributed by atoms with van der Waals surface area (Å²) >= 11 is 5.06. The monoisotopic (exact) mass is 446 g/mol. The Morgan fingerprint density at radius 1 is 1.26 bits per heavy atom. The van der Waals surface area contributed by atoms with Crippen LogP contribution in [0.5, 0.6) is 0 Å². The number of hydrogen-bond donors (Lipinski definition) is 1. The quantitative estimate of drug-likeness (QED) is 0.638. The molecule has 1 aliphatic rings. The summed E-state index contributed by atoms with van der Waals surface area (Å²) in [4.78, 5) is 28.6. The number of carbonyl (C=O) groups excluding carboxylic acids is 1. The molecule has 0 saturated carbocycles. The highest BCUT2D eigenvalue weighted by molar-refractivity contribution is 9.10. The topological polar surface area (TPSA) is 62.6 Å². The minimum Gasteiger partial charge on any atom is -0.451 e. The molecular formula is C20H19BrN2O3S. The summed E-state index contributed by atoms with van der Waals surface area (Å²) in [6, 6.07) is 10.7. The molecule has 2 aromatic heterocycles. The number of fused-ring (bicyclic) bond motifs is 1. The molecule has 0 bridgehead atoms. The third-order valence-electron chi connectivity index (χ3n) is 4.82. The zero-order chi connectivity index (χ0) is 18.8. The Kier molecular flexibility index (Phi) is 5.43. The predicted molar refractivity (Wildman–Crippen MR) is 110 cm³/mol. The van der Waals surface area contributed by atoms with Gasteiger partial charge in [-0.2, -0.15) is 0 Å². The summed E-state index contributed by atoms with van der Waals surface area (Å²) in [5.41, 5.74) is 0.180. The summed E-state index contributed by atoms with van der Waals surface area (Å²) in [6.45, 7) is 2.56. The number of nitrogens with one attached hydrogen (secondary N) is 1. The lowest BCUT2D eigenvalue weighted by Crippen LogP contribution is -2.36. The van der Waals surface area contributed by atoms with E-state index < -0.39 is 0 Å². The number of hydrogen-bond acceptors (Lipinski definition) is 5. The normalized spacial score (nSPS) is 15.9. The van der Waals surface area contributed by atoms with Crippen molar-refractivity contribution in [2.24, 2.45) is 0 Å². The van der Waals surface area contributed by atoms with E-state index in [0.717, 1.165) is 17.6 Å². The van der Waals surface area contributed by atoms with E-state index in [2.05, 4.69) is 37.6 Å². The Morgan fingerprint density at radius 3 is 2.81 bits per heavy atom. The van der Waals surface area contributed by atoms with Crippen LogP contribution in [0.3, 0.4) is 0 Å². The third kappa shape index (κ3) is 4.00. The maximum Gasteiger partial charge on any atom is 0.287 e. The molecule has 1 N–H and O–H groups in total. The molecule has 0 radical (unpaired) electrons. The van der Waals surface area contributed by atoms with Crippen molar-refractivity contribution in [1.82, 2.24) is 10.2 Å². The summed E-state index contributed by atoms with van der Waals surface area (Å²) in [7, 11) is 0. The fourth-order valence-electron chi connectivity index (χ4n) is 3.46. The second kappa shape index (κ2) is 7.96. The molecule has 3 heterocycles. The SMILES string of the molecule is O=C(NCC(c1cccs1)N1CCCC1)c1cc(=O)c2ccc(Br)cc2o1. The molecule has 1 fully saturated rings. The van der Waals surface area contributed by atoms with E-state index in [1.54, 1.807) is 29.5 Å². The molecule has 140 valence electrons. The number of thiophene rings is 1. The smallest absolute Gasteiger partial charge is 0.287 e. The first kappa shape index (κ1) is 18.4. The minimum atomic E-state index is -0.366. The molecule has 27 heavy (non-hydrogen) atoms. The third-order valence-corrected chi connectivity index (χ3v) is 6.29. The standard InChI is InChI=1S/C20H19BrN2O3S/c21-13-5-6-14-16(24)11-18(26-17(14)10-13)20(25)22-12-15(19-4-3-9-27-19)23-7-1-2-8-23/h3-6,9-11,15H,1-2,7-8,12H2,(H,22,25). The minimum absolute atomic E-state index is 0.0388. The van der Waals surface area contributed by atoms with Crippen LogP contribution in [0, 0.1) is 0 Å². The van der Waals surface area contributed by atoms with Gasteiger partial charge in [0.25, 0.3) is 5.91 Å². The summed E-state index contributed by atoms with van der Waals surface area (Å²) in [5.74, 6) is -0.327. The molecule has 0 aliphatic carbocycles. The van der Waals surface area contributed by atoms with Crippen molar-refractivity contribution in [2.75, 3.05) is 19.6 Å². The lowest BCUT2D eigenvalue weighted by atomic mass is 10.2. The van der Waals surface area contributed by atoms with Crippen LogP contribution >= 0.6 is 27.3 Å². The van der Waals surface area contributed by atoms with Crippen LogP contribution in [-0.2, 0) is 0 Å². The molecule has 1 aliphatic heterocycles.